The van der Waals surface area contributed by atoms with Crippen LogP contribution in [0.3, 0.4) is 0 Å². The second-order valence-electron chi connectivity index (χ2n) is 5.13. The number of nitrogens with two attached hydrogens (primary N) is 1. The molecule has 0 saturated heterocycles. The summed E-state index contributed by atoms with van der Waals surface area (Å²) in [6, 6.07) is 8.90. The molecule has 110 valence electrons. The molecule has 0 aromatic heterocycles. The first-order chi connectivity index (χ1) is 9.95. The number of hydrogen-bond donors (Lipinski definition) is 2. The average Bonchev–Trinajstić information content (AvgIpc) is 2.88. The number of hydrogen-bond acceptors (Lipinski definition) is 3. The van der Waals surface area contributed by atoms with E-state index in [1.807, 2.05) is 12.1 Å². The van der Waals surface area contributed by atoms with Crippen LogP contribution < -0.4 is 10.5 Å². The molecule has 4 nitrogen and oxygen atoms in total. The maximum Gasteiger partial charge on any atom is 0.261 e. The van der Waals surface area contributed by atoms with E-state index in [1.54, 1.807) is 6.07 Å². The van der Waals surface area contributed by atoms with Gasteiger partial charge in [-0.05, 0) is 60.7 Å². The van der Waals surface area contributed by atoms with Crippen LogP contribution in [-0.4, -0.2) is 8.42 Å². The zero-order valence-electron chi connectivity index (χ0n) is 11.3. The van der Waals surface area contributed by atoms with Crippen LogP contribution >= 0.6 is 0 Å². The van der Waals surface area contributed by atoms with Crippen molar-refractivity contribution in [3.63, 3.8) is 0 Å². The molecule has 0 radical (unpaired) electrons. The van der Waals surface area contributed by atoms with Gasteiger partial charge in [-0.15, -0.1) is 0 Å². The van der Waals surface area contributed by atoms with Gasteiger partial charge in [0, 0.05) is 5.69 Å². The Kier molecular flexibility index (Phi) is 3.33. The first-order valence-corrected chi connectivity index (χ1v) is 8.14. The summed E-state index contributed by atoms with van der Waals surface area (Å²) < 4.78 is 40.2. The number of fused-ring (bicyclic) bond motifs is 1. The molecule has 3 N–H and O–H groups in total. The molecular formula is C15H15FN2O2S. The van der Waals surface area contributed by atoms with Crippen molar-refractivity contribution in [1.29, 1.82) is 0 Å². The fourth-order valence-corrected chi connectivity index (χ4v) is 3.62. The number of halogens is 1. The summed E-state index contributed by atoms with van der Waals surface area (Å²) in [6.45, 7) is 0. The minimum absolute atomic E-state index is 0.0538. The molecule has 0 spiro atoms. The fraction of sp³-hybridized carbons (Fsp3) is 0.200. The standard InChI is InChI=1S/C15H15FN2O2S/c16-14-7-6-13(9-15(14)17)21(19,20)18-12-5-4-10-2-1-3-11(10)8-12/h4-9,18H,1-3,17H2. The highest BCUT2D eigenvalue weighted by atomic mass is 32.2. The molecule has 0 unspecified atom stereocenters. The summed E-state index contributed by atoms with van der Waals surface area (Å²) in [4.78, 5) is -0.0538. The molecule has 1 aliphatic carbocycles. The second-order valence-corrected chi connectivity index (χ2v) is 6.81. The highest BCUT2D eigenvalue weighted by molar-refractivity contribution is 7.92. The lowest BCUT2D eigenvalue weighted by Gasteiger charge is -2.10. The highest BCUT2D eigenvalue weighted by Crippen LogP contribution is 2.26. The number of anilines is 2. The van der Waals surface area contributed by atoms with Crippen molar-refractivity contribution in [2.24, 2.45) is 0 Å². The minimum atomic E-state index is -3.77. The molecule has 0 saturated carbocycles. The minimum Gasteiger partial charge on any atom is -0.396 e. The van der Waals surface area contributed by atoms with Gasteiger partial charge in [-0.25, -0.2) is 12.8 Å². The van der Waals surface area contributed by atoms with E-state index >= 15 is 0 Å². The molecule has 2 aromatic carbocycles. The van der Waals surface area contributed by atoms with Crippen LogP contribution in [0.4, 0.5) is 15.8 Å². The Morgan fingerprint density at radius 1 is 1.05 bits per heavy atom. The summed E-state index contributed by atoms with van der Waals surface area (Å²) >= 11 is 0. The van der Waals surface area contributed by atoms with E-state index in [0.29, 0.717) is 5.69 Å². The number of rotatable bonds is 3. The number of nitrogens with one attached hydrogen (secondary N) is 1. The van der Waals surface area contributed by atoms with Crippen molar-refractivity contribution in [2.45, 2.75) is 24.2 Å². The molecular weight excluding hydrogens is 291 g/mol. The average molecular weight is 306 g/mol. The Labute approximate surface area is 122 Å². The van der Waals surface area contributed by atoms with Gasteiger partial charge in [0.2, 0.25) is 0 Å². The van der Waals surface area contributed by atoms with Crippen molar-refractivity contribution < 1.29 is 12.8 Å². The smallest absolute Gasteiger partial charge is 0.261 e. The molecule has 2 aromatic rings. The van der Waals surface area contributed by atoms with Crippen molar-refractivity contribution in [3.8, 4) is 0 Å². The van der Waals surface area contributed by atoms with Crippen LogP contribution in [0.5, 0.6) is 0 Å². The molecule has 3 rings (SSSR count). The summed E-state index contributed by atoms with van der Waals surface area (Å²) in [5.41, 5.74) is 8.18. The van der Waals surface area contributed by atoms with E-state index in [2.05, 4.69) is 4.72 Å². The predicted molar refractivity (Wildman–Crippen MR) is 80.1 cm³/mol. The van der Waals surface area contributed by atoms with Crippen molar-refractivity contribution in [3.05, 3.63) is 53.3 Å². The molecule has 6 heteroatoms. The highest BCUT2D eigenvalue weighted by Gasteiger charge is 2.17. The van der Waals surface area contributed by atoms with Crippen molar-refractivity contribution >= 4 is 21.4 Å². The quantitative estimate of drug-likeness (QED) is 0.856. The Balaban J connectivity index is 1.90. The normalized spacial score (nSPS) is 14.0. The summed E-state index contributed by atoms with van der Waals surface area (Å²) in [7, 11) is -3.77. The SMILES string of the molecule is Nc1cc(S(=O)(=O)Nc2ccc3c(c2)CCC3)ccc1F. The summed E-state index contributed by atoms with van der Waals surface area (Å²) in [5, 5.41) is 0. The predicted octanol–water partition coefficient (Wildman–Crippen LogP) is 2.70. The Bertz CT molecular complexity index is 803. The molecule has 21 heavy (non-hydrogen) atoms. The van der Waals surface area contributed by atoms with Gasteiger partial charge >= 0.3 is 0 Å². The fourth-order valence-electron chi connectivity index (χ4n) is 2.54. The first-order valence-electron chi connectivity index (χ1n) is 6.65. The lowest BCUT2D eigenvalue weighted by Crippen LogP contribution is -2.13. The number of sulfonamides is 1. The lowest BCUT2D eigenvalue weighted by molar-refractivity contribution is 0.600. The zero-order chi connectivity index (χ0) is 15.0. The zero-order valence-corrected chi connectivity index (χ0v) is 12.1. The monoisotopic (exact) mass is 306 g/mol. The Hall–Kier alpha value is -2.08. The first kappa shape index (κ1) is 13.9. The van der Waals surface area contributed by atoms with Crippen molar-refractivity contribution in [1.82, 2.24) is 0 Å². The second kappa shape index (κ2) is 5.04. The third kappa shape index (κ3) is 2.71. The molecule has 0 amide bonds. The summed E-state index contributed by atoms with van der Waals surface area (Å²) in [5.74, 6) is -0.633. The van der Waals surface area contributed by atoms with E-state index in [-0.39, 0.29) is 10.6 Å². The molecule has 1 aliphatic rings. The molecule has 0 atom stereocenters. The third-order valence-electron chi connectivity index (χ3n) is 3.63. The topological polar surface area (TPSA) is 72.2 Å². The van der Waals surface area contributed by atoms with Crippen LogP contribution in [0.25, 0.3) is 0 Å². The number of nitrogen functional groups attached to an aromatic ring is 1. The van der Waals surface area contributed by atoms with Crippen LogP contribution in [0, 0.1) is 5.82 Å². The van der Waals surface area contributed by atoms with E-state index < -0.39 is 15.8 Å². The molecule has 0 bridgehead atoms. The maximum atomic E-state index is 13.1. The van der Waals surface area contributed by atoms with Crippen LogP contribution in [0.15, 0.2) is 41.3 Å². The number of benzene rings is 2. The van der Waals surface area contributed by atoms with Crippen LogP contribution in [-0.2, 0) is 22.9 Å². The van der Waals surface area contributed by atoms with Crippen molar-refractivity contribution in [2.75, 3.05) is 10.5 Å². The van der Waals surface area contributed by atoms with Gasteiger partial charge in [0.25, 0.3) is 10.0 Å². The maximum absolute atomic E-state index is 13.1. The van der Waals surface area contributed by atoms with E-state index in [1.165, 1.54) is 17.2 Å². The molecule has 0 fully saturated rings. The Morgan fingerprint density at radius 2 is 1.81 bits per heavy atom. The van der Waals surface area contributed by atoms with E-state index in [0.717, 1.165) is 31.4 Å². The van der Waals surface area contributed by atoms with Gasteiger partial charge in [-0.1, -0.05) is 6.07 Å². The lowest BCUT2D eigenvalue weighted by atomic mass is 10.1. The van der Waals surface area contributed by atoms with Gasteiger partial charge in [0.15, 0.2) is 0 Å². The Morgan fingerprint density at radius 3 is 2.57 bits per heavy atom. The van der Waals surface area contributed by atoms with Crippen LogP contribution in [0.1, 0.15) is 17.5 Å². The molecule has 0 heterocycles. The van der Waals surface area contributed by atoms with E-state index in [9.17, 15) is 12.8 Å². The third-order valence-corrected chi connectivity index (χ3v) is 5.01. The number of aryl methyl sites for hydroxylation is 2. The van der Waals surface area contributed by atoms with E-state index in [4.69, 9.17) is 5.73 Å². The van der Waals surface area contributed by atoms with Gasteiger partial charge in [0.1, 0.15) is 5.82 Å². The van der Waals surface area contributed by atoms with Gasteiger partial charge in [-0.3, -0.25) is 4.72 Å². The van der Waals surface area contributed by atoms with Crippen LogP contribution in [0.2, 0.25) is 0 Å². The summed E-state index contributed by atoms with van der Waals surface area (Å²) in [6.07, 6.45) is 3.10. The largest absolute Gasteiger partial charge is 0.396 e. The van der Waals surface area contributed by atoms with Gasteiger partial charge < -0.3 is 5.73 Å². The molecule has 0 aliphatic heterocycles. The van der Waals surface area contributed by atoms with Gasteiger partial charge in [0.05, 0.1) is 10.6 Å². The van der Waals surface area contributed by atoms with Gasteiger partial charge in [-0.2, -0.15) is 0 Å².